The van der Waals surface area contributed by atoms with Gasteiger partial charge in [-0.25, -0.2) is 9.98 Å². The van der Waals surface area contributed by atoms with Gasteiger partial charge in [-0.3, -0.25) is 0 Å². The third kappa shape index (κ3) is 5.03. The van der Waals surface area contributed by atoms with E-state index in [1.54, 1.807) is 0 Å². The van der Waals surface area contributed by atoms with Crippen molar-refractivity contribution in [3.63, 3.8) is 0 Å². The molecule has 1 aliphatic carbocycles. The fourth-order valence-electron chi connectivity index (χ4n) is 7.70. The van der Waals surface area contributed by atoms with E-state index in [4.69, 9.17) is 9.98 Å². The summed E-state index contributed by atoms with van der Waals surface area (Å²) in [6.07, 6.45) is 31.4. The fraction of sp³-hybridized carbons (Fsp3) is 0.220. The summed E-state index contributed by atoms with van der Waals surface area (Å²) in [5, 5.41) is 0. The molecule has 0 saturated heterocycles. The van der Waals surface area contributed by atoms with Crippen LogP contribution in [0.25, 0.3) is 22.3 Å². The van der Waals surface area contributed by atoms with E-state index in [0.29, 0.717) is 0 Å². The average Bonchev–Trinajstić information content (AvgIpc) is 3.95. The molecule has 52 heavy (non-hydrogen) atoms. The van der Waals surface area contributed by atoms with Gasteiger partial charge in [0.15, 0.2) is 28.2 Å². The highest BCUT2D eigenvalue weighted by Gasteiger charge is 2.30. The van der Waals surface area contributed by atoms with Gasteiger partial charge < -0.3 is 4.98 Å². The topological polar surface area (TPSA) is 75.8 Å². The summed E-state index contributed by atoms with van der Waals surface area (Å²) in [5.74, 6) is 0. The Hall–Kier alpha value is -6.36. The number of hydrogen-bond acceptors (Lipinski definition) is 2. The van der Waals surface area contributed by atoms with Crippen LogP contribution in [0, 0.1) is 0 Å². The Kier molecular flexibility index (Phi) is 7.05. The van der Waals surface area contributed by atoms with Crippen LogP contribution in [0.1, 0.15) is 40.1 Å². The standard InChI is InChI=1S/C41H43N11/c1-45-18-28(19-46(45)2)38-26-9-10-27(17-26)39(29-20-47(3)48(4)21-29)33-12-14-35(43-33)41(31-24-51(7)52(8)25-31)37-16-15-36(44-37)40(34-13-11-32(38)42-34)30-22-49(5)50(6)23-30/h9-16,18-25,44H,17H2,1-8H3/q+4. The molecule has 0 radical (unpaired) electrons. The first-order chi connectivity index (χ1) is 25.0. The Labute approximate surface area is 302 Å². The molecule has 0 aromatic carbocycles. The van der Waals surface area contributed by atoms with Gasteiger partial charge in [0.05, 0.1) is 98.0 Å². The van der Waals surface area contributed by atoms with E-state index in [-0.39, 0.29) is 0 Å². The number of hydrogen-bond donors (Lipinski definition) is 1. The zero-order valence-electron chi connectivity index (χ0n) is 30.9. The van der Waals surface area contributed by atoms with Crippen LogP contribution in [-0.2, 0) is 56.4 Å². The summed E-state index contributed by atoms with van der Waals surface area (Å²) >= 11 is 0. The highest BCUT2D eigenvalue weighted by molar-refractivity contribution is 6.33. The number of fused-ring (bicyclic) bond motifs is 6. The Morgan fingerprint density at radius 2 is 0.827 bits per heavy atom. The van der Waals surface area contributed by atoms with Crippen LogP contribution in [0.5, 0.6) is 0 Å². The molecule has 8 heterocycles. The zero-order valence-corrected chi connectivity index (χ0v) is 30.9. The lowest BCUT2D eigenvalue weighted by Gasteiger charge is -2.11. The molecule has 11 heteroatoms. The summed E-state index contributed by atoms with van der Waals surface area (Å²) in [7, 11) is 16.5. The molecule has 11 nitrogen and oxygen atoms in total. The van der Waals surface area contributed by atoms with Crippen molar-refractivity contribution >= 4 is 33.7 Å². The van der Waals surface area contributed by atoms with Crippen LogP contribution in [0.3, 0.4) is 0 Å². The summed E-state index contributed by atoms with van der Waals surface area (Å²) in [6, 6.07) is 4.35. The second-order valence-corrected chi connectivity index (χ2v) is 14.2. The minimum atomic E-state index is 0.750. The molecule has 0 unspecified atom stereocenters. The SMILES string of the molecule is Cn1cc(C2=C3C=CC(=C(c4cn(C)[n+](C)c4)C4=NC(=C(c5cn(C)[n+](C)c5)c5ccc([nH]5)C(c5cn(C)[n+](C)c5)=C5C=CC2=N5)C=C4)C3)c[n+]1C. The van der Waals surface area contributed by atoms with E-state index >= 15 is 0 Å². The first-order valence-corrected chi connectivity index (χ1v) is 17.5. The zero-order chi connectivity index (χ0) is 36.0. The van der Waals surface area contributed by atoms with Crippen LogP contribution in [0.15, 0.2) is 131 Å². The van der Waals surface area contributed by atoms with Crippen LogP contribution in [-0.4, -0.2) is 35.1 Å². The molecule has 0 fully saturated rings. The van der Waals surface area contributed by atoms with Crippen molar-refractivity contribution in [2.75, 3.05) is 0 Å². The maximum absolute atomic E-state index is 5.45. The summed E-state index contributed by atoms with van der Waals surface area (Å²) in [6.45, 7) is 0. The van der Waals surface area contributed by atoms with E-state index in [2.05, 4.69) is 197 Å². The average molecular weight is 690 g/mol. The minimum absolute atomic E-state index is 0.750. The minimum Gasteiger partial charge on any atom is -0.354 e. The lowest BCUT2D eigenvalue weighted by molar-refractivity contribution is -0.751. The van der Waals surface area contributed by atoms with Gasteiger partial charge in [0.2, 0.25) is 24.8 Å². The van der Waals surface area contributed by atoms with Gasteiger partial charge in [0.25, 0.3) is 0 Å². The number of aliphatic imine (C=N–C) groups is 2. The predicted molar refractivity (Wildman–Crippen MR) is 200 cm³/mol. The van der Waals surface area contributed by atoms with Crippen molar-refractivity contribution in [2.45, 2.75) is 6.42 Å². The predicted octanol–water partition coefficient (Wildman–Crippen LogP) is 3.09. The molecular weight excluding hydrogens is 647 g/mol. The van der Waals surface area contributed by atoms with Crippen molar-refractivity contribution in [2.24, 2.45) is 66.4 Å². The van der Waals surface area contributed by atoms with E-state index in [0.717, 1.165) is 85.2 Å². The molecule has 3 aliphatic heterocycles. The van der Waals surface area contributed by atoms with Gasteiger partial charge in [-0.1, -0.05) is 12.2 Å². The molecule has 0 saturated carbocycles. The van der Waals surface area contributed by atoms with Crippen LogP contribution in [0.4, 0.5) is 0 Å². The normalized spacial score (nSPS) is 16.8. The summed E-state index contributed by atoms with van der Waals surface area (Å²) < 4.78 is 16.8. The van der Waals surface area contributed by atoms with E-state index < -0.39 is 0 Å². The number of allylic oxidation sites excluding steroid dienone is 10. The molecule has 9 rings (SSSR count). The number of aromatic nitrogens is 9. The van der Waals surface area contributed by atoms with Crippen molar-refractivity contribution in [1.29, 1.82) is 0 Å². The molecule has 5 aromatic heterocycles. The maximum Gasteiger partial charge on any atom is 0.203 e. The first-order valence-electron chi connectivity index (χ1n) is 17.5. The van der Waals surface area contributed by atoms with Gasteiger partial charge >= 0.3 is 0 Å². The second-order valence-electron chi connectivity index (χ2n) is 14.2. The third-order valence-electron chi connectivity index (χ3n) is 10.8. The number of aromatic amines is 1. The monoisotopic (exact) mass is 689 g/mol. The molecule has 0 atom stereocenters. The number of nitrogens with one attached hydrogen (secondary N) is 1. The molecule has 4 aliphatic rings. The van der Waals surface area contributed by atoms with Gasteiger partial charge in [0, 0.05) is 33.7 Å². The van der Waals surface area contributed by atoms with Gasteiger partial charge in [-0.15, -0.1) is 18.7 Å². The fourth-order valence-corrected chi connectivity index (χ4v) is 7.70. The quantitative estimate of drug-likeness (QED) is 0.282. The lowest BCUT2D eigenvalue weighted by Crippen LogP contribution is -2.35. The van der Waals surface area contributed by atoms with E-state index in [1.165, 1.54) is 11.1 Å². The van der Waals surface area contributed by atoms with Crippen molar-refractivity contribution in [1.82, 2.24) is 23.7 Å². The Bertz CT molecular complexity index is 2410. The molecule has 1 N–H and O–H groups in total. The molecule has 0 spiro atoms. The Balaban J connectivity index is 1.37. The van der Waals surface area contributed by atoms with Gasteiger partial charge in [-0.05, 0) is 54.0 Å². The molecule has 0 amide bonds. The Morgan fingerprint density at radius 1 is 0.481 bits per heavy atom. The number of rotatable bonds is 4. The molecule has 5 aromatic rings. The maximum atomic E-state index is 5.45. The van der Waals surface area contributed by atoms with E-state index in [1.807, 2.05) is 0 Å². The first kappa shape index (κ1) is 31.6. The van der Waals surface area contributed by atoms with Crippen LogP contribution >= 0.6 is 0 Å². The number of H-pyrrole nitrogens is 1. The smallest absolute Gasteiger partial charge is 0.203 e. The van der Waals surface area contributed by atoms with E-state index in [9.17, 15) is 0 Å². The van der Waals surface area contributed by atoms with Crippen molar-refractivity contribution in [3.8, 4) is 0 Å². The largest absolute Gasteiger partial charge is 0.354 e. The van der Waals surface area contributed by atoms with Gasteiger partial charge in [0.1, 0.15) is 0 Å². The number of nitrogens with zero attached hydrogens (tertiary/aromatic N) is 10. The lowest BCUT2D eigenvalue weighted by atomic mass is 9.93. The molecule has 8 bridgehead atoms. The molecular formula is C41H43N11+4. The third-order valence-corrected chi connectivity index (χ3v) is 10.8. The number of aryl methyl sites for hydroxylation is 8. The van der Waals surface area contributed by atoms with Gasteiger partial charge in [-0.2, -0.15) is 18.7 Å². The summed E-state index contributed by atoms with van der Waals surface area (Å²) in [4.78, 5) is 14.7. The summed E-state index contributed by atoms with van der Waals surface area (Å²) in [5.41, 5.74) is 16.9. The van der Waals surface area contributed by atoms with Crippen LogP contribution in [0.2, 0.25) is 0 Å². The van der Waals surface area contributed by atoms with Crippen LogP contribution < -0.4 is 18.7 Å². The molecule has 258 valence electrons. The highest BCUT2D eigenvalue weighted by atomic mass is 15.4. The Morgan fingerprint density at radius 3 is 1.15 bits per heavy atom. The second kappa shape index (κ2) is 11.6. The van der Waals surface area contributed by atoms with Crippen molar-refractivity contribution < 1.29 is 18.7 Å². The van der Waals surface area contributed by atoms with Crippen molar-refractivity contribution in [3.05, 3.63) is 154 Å². The highest BCUT2D eigenvalue weighted by Crippen LogP contribution is 2.40.